The molecule has 166 valence electrons. The first-order valence-corrected chi connectivity index (χ1v) is 11.4. The van der Waals surface area contributed by atoms with Crippen LogP contribution in [-0.4, -0.2) is 49.5 Å². The molecule has 1 N–H and O–H groups in total. The van der Waals surface area contributed by atoms with Crippen molar-refractivity contribution in [1.82, 2.24) is 4.90 Å². The second-order valence-electron chi connectivity index (χ2n) is 7.85. The van der Waals surface area contributed by atoms with E-state index in [2.05, 4.69) is 73.3 Å². The van der Waals surface area contributed by atoms with Crippen molar-refractivity contribution in [2.45, 2.75) is 33.1 Å². The summed E-state index contributed by atoms with van der Waals surface area (Å²) in [4.78, 5) is 2.46. The van der Waals surface area contributed by atoms with E-state index in [9.17, 15) is 5.11 Å². The van der Waals surface area contributed by atoms with Crippen LogP contribution in [0.1, 0.15) is 37.8 Å². The first kappa shape index (κ1) is 23.1. The normalized spacial score (nSPS) is 11.2. The van der Waals surface area contributed by atoms with Gasteiger partial charge in [0.2, 0.25) is 0 Å². The average Bonchev–Trinajstić information content (AvgIpc) is 2.80. The Morgan fingerprint density at radius 1 is 0.774 bits per heavy atom. The van der Waals surface area contributed by atoms with Gasteiger partial charge in [-0.3, -0.25) is 4.90 Å². The first-order chi connectivity index (χ1) is 15.2. The monoisotopic (exact) mass is 421 g/mol. The van der Waals surface area contributed by atoms with Crippen LogP contribution < -0.4 is 9.47 Å². The molecule has 4 nitrogen and oxygen atoms in total. The quantitative estimate of drug-likeness (QED) is 0.406. The summed E-state index contributed by atoms with van der Waals surface area (Å²) in [5.74, 6) is 1.74. The molecule has 0 spiro atoms. The van der Waals surface area contributed by atoms with Crippen molar-refractivity contribution in [2.75, 3.05) is 39.5 Å². The maximum Gasteiger partial charge on any atom is 0.123 e. The minimum absolute atomic E-state index is 0.00619. The number of benzene rings is 3. The SMILES string of the molecule is CCCN(CCC)CCOc1ccc(Cc2c(OCCO)ccc3ccccc23)cc1. The molecule has 0 amide bonds. The zero-order chi connectivity index (χ0) is 21.9. The molecule has 0 aliphatic rings. The highest BCUT2D eigenvalue weighted by Crippen LogP contribution is 2.30. The van der Waals surface area contributed by atoms with E-state index in [4.69, 9.17) is 9.47 Å². The third kappa shape index (κ3) is 6.71. The van der Waals surface area contributed by atoms with Crippen LogP contribution >= 0.6 is 0 Å². The smallest absolute Gasteiger partial charge is 0.123 e. The van der Waals surface area contributed by atoms with Crippen molar-refractivity contribution in [3.8, 4) is 11.5 Å². The molecule has 31 heavy (non-hydrogen) atoms. The van der Waals surface area contributed by atoms with Crippen LogP contribution in [0, 0.1) is 0 Å². The summed E-state index contributed by atoms with van der Waals surface area (Å²) < 4.78 is 11.8. The Morgan fingerprint density at radius 3 is 2.23 bits per heavy atom. The fourth-order valence-electron chi connectivity index (χ4n) is 3.96. The summed E-state index contributed by atoms with van der Waals surface area (Å²) >= 11 is 0. The molecule has 0 heterocycles. The number of aliphatic hydroxyl groups excluding tert-OH is 1. The number of hydrogen-bond acceptors (Lipinski definition) is 4. The topological polar surface area (TPSA) is 41.9 Å². The second kappa shape index (κ2) is 12.3. The molecular weight excluding hydrogens is 386 g/mol. The number of fused-ring (bicyclic) bond motifs is 1. The van der Waals surface area contributed by atoms with Gasteiger partial charge in [0.05, 0.1) is 6.61 Å². The number of rotatable bonds is 13. The lowest BCUT2D eigenvalue weighted by molar-refractivity contribution is 0.200. The van der Waals surface area contributed by atoms with Gasteiger partial charge >= 0.3 is 0 Å². The van der Waals surface area contributed by atoms with E-state index in [0.717, 1.165) is 43.1 Å². The Balaban J connectivity index is 1.67. The lowest BCUT2D eigenvalue weighted by Gasteiger charge is -2.20. The summed E-state index contributed by atoms with van der Waals surface area (Å²) in [5.41, 5.74) is 2.35. The van der Waals surface area contributed by atoms with Gasteiger partial charge in [0, 0.05) is 18.5 Å². The molecule has 0 bridgehead atoms. The van der Waals surface area contributed by atoms with Crippen molar-refractivity contribution < 1.29 is 14.6 Å². The maximum atomic E-state index is 9.17. The summed E-state index contributed by atoms with van der Waals surface area (Å²) in [6.07, 6.45) is 3.11. The summed E-state index contributed by atoms with van der Waals surface area (Å²) in [6, 6.07) is 20.8. The van der Waals surface area contributed by atoms with Crippen molar-refractivity contribution in [3.05, 3.63) is 71.8 Å². The molecule has 0 aromatic heterocycles. The van der Waals surface area contributed by atoms with Crippen LogP contribution in [-0.2, 0) is 6.42 Å². The zero-order valence-electron chi connectivity index (χ0n) is 18.8. The molecule has 0 atom stereocenters. The van der Waals surface area contributed by atoms with Crippen LogP contribution in [0.25, 0.3) is 10.8 Å². The third-order valence-electron chi connectivity index (χ3n) is 5.41. The van der Waals surface area contributed by atoms with E-state index in [1.54, 1.807) is 0 Å². The van der Waals surface area contributed by atoms with Gasteiger partial charge in [0.15, 0.2) is 0 Å². The Bertz CT molecular complexity index is 917. The van der Waals surface area contributed by atoms with E-state index >= 15 is 0 Å². The van der Waals surface area contributed by atoms with Gasteiger partial charge in [0.1, 0.15) is 24.7 Å². The fraction of sp³-hybridized carbons (Fsp3) is 0.407. The predicted molar refractivity (Wildman–Crippen MR) is 128 cm³/mol. The van der Waals surface area contributed by atoms with E-state index in [1.807, 2.05) is 6.07 Å². The van der Waals surface area contributed by atoms with Gasteiger partial charge in [-0.1, -0.05) is 56.3 Å². The van der Waals surface area contributed by atoms with Gasteiger partial charge in [0.25, 0.3) is 0 Å². The highest BCUT2D eigenvalue weighted by Gasteiger charge is 2.10. The molecule has 0 radical (unpaired) electrons. The molecule has 3 rings (SSSR count). The number of ether oxygens (including phenoxy) is 2. The lowest BCUT2D eigenvalue weighted by atomic mass is 9.97. The van der Waals surface area contributed by atoms with E-state index in [0.29, 0.717) is 13.2 Å². The number of hydrogen-bond donors (Lipinski definition) is 1. The van der Waals surface area contributed by atoms with Gasteiger partial charge in [-0.25, -0.2) is 0 Å². The molecule has 0 fully saturated rings. The highest BCUT2D eigenvalue weighted by atomic mass is 16.5. The van der Waals surface area contributed by atoms with Crippen LogP contribution in [0.4, 0.5) is 0 Å². The minimum Gasteiger partial charge on any atom is -0.492 e. The minimum atomic E-state index is 0.00619. The predicted octanol–water partition coefficient (Wildman–Crippen LogP) is 5.30. The van der Waals surface area contributed by atoms with Crippen LogP contribution in [0.3, 0.4) is 0 Å². The van der Waals surface area contributed by atoms with Crippen molar-refractivity contribution >= 4 is 10.8 Å². The molecule has 3 aromatic rings. The third-order valence-corrected chi connectivity index (χ3v) is 5.41. The van der Waals surface area contributed by atoms with Gasteiger partial charge in [-0.15, -0.1) is 0 Å². The summed E-state index contributed by atoms with van der Waals surface area (Å²) in [5, 5.41) is 11.6. The molecule has 0 aliphatic heterocycles. The van der Waals surface area contributed by atoms with Crippen molar-refractivity contribution in [2.24, 2.45) is 0 Å². The van der Waals surface area contributed by atoms with Gasteiger partial charge in [-0.2, -0.15) is 0 Å². The average molecular weight is 422 g/mol. The Morgan fingerprint density at radius 2 is 1.52 bits per heavy atom. The lowest BCUT2D eigenvalue weighted by Crippen LogP contribution is -2.30. The molecular formula is C27H35NO3. The first-order valence-electron chi connectivity index (χ1n) is 11.4. The van der Waals surface area contributed by atoms with Gasteiger partial charge < -0.3 is 14.6 Å². The highest BCUT2D eigenvalue weighted by molar-refractivity contribution is 5.88. The fourth-order valence-corrected chi connectivity index (χ4v) is 3.96. The van der Waals surface area contributed by atoms with Gasteiger partial charge in [-0.05, 0) is 60.5 Å². The molecule has 0 unspecified atom stereocenters. The van der Waals surface area contributed by atoms with Crippen LogP contribution in [0.15, 0.2) is 60.7 Å². The largest absolute Gasteiger partial charge is 0.492 e. The van der Waals surface area contributed by atoms with Crippen molar-refractivity contribution in [3.63, 3.8) is 0 Å². The van der Waals surface area contributed by atoms with E-state index < -0.39 is 0 Å². The Hall–Kier alpha value is -2.56. The van der Waals surface area contributed by atoms with E-state index in [1.165, 1.54) is 29.2 Å². The second-order valence-corrected chi connectivity index (χ2v) is 7.85. The number of aliphatic hydroxyl groups is 1. The molecule has 4 heteroatoms. The van der Waals surface area contributed by atoms with Crippen LogP contribution in [0.2, 0.25) is 0 Å². The number of nitrogens with zero attached hydrogens (tertiary/aromatic N) is 1. The molecule has 0 saturated heterocycles. The van der Waals surface area contributed by atoms with Crippen molar-refractivity contribution in [1.29, 1.82) is 0 Å². The molecule has 3 aromatic carbocycles. The Kier molecular flexibility index (Phi) is 9.19. The van der Waals surface area contributed by atoms with Crippen LogP contribution in [0.5, 0.6) is 11.5 Å². The summed E-state index contributed by atoms with van der Waals surface area (Å²) in [6.45, 7) is 8.67. The molecule has 0 aliphatic carbocycles. The Labute approximate surface area is 186 Å². The standard InChI is InChI=1S/C27H35NO3/c1-3-15-28(16-4-2)17-19-30-24-12-9-22(10-13-24)21-26-25-8-6-5-7-23(25)11-14-27(26)31-20-18-29/h5-14,29H,3-4,15-21H2,1-2H3. The van der Waals surface area contributed by atoms with E-state index in [-0.39, 0.29) is 6.61 Å². The zero-order valence-corrected chi connectivity index (χ0v) is 18.8. The summed E-state index contributed by atoms with van der Waals surface area (Å²) in [7, 11) is 0. The molecule has 0 saturated carbocycles. The maximum absolute atomic E-state index is 9.17.